The van der Waals surface area contributed by atoms with E-state index in [1.54, 1.807) is 6.07 Å². The molecule has 144 valence electrons. The molecule has 0 atom stereocenters. The minimum Gasteiger partial charge on any atom is -0.490 e. The van der Waals surface area contributed by atoms with E-state index < -0.39 is 17.7 Å². The molecule has 5 nitrogen and oxygen atoms in total. The lowest BCUT2D eigenvalue weighted by molar-refractivity contribution is 0.102. The second kappa shape index (κ2) is 9.66. The molecule has 2 aromatic rings. The van der Waals surface area contributed by atoms with Gasteiger partial charge in [0.05, 0.1) is 17.9 Å². The number of hydrogen-bond acceptors (Lipinski definition) is 4. The Bertz CT molecular complexity index is 838. The highest BCUT2D eigenvalue weighted by Crippen LogP contribution is 2.26. The lowest BCUT2D eigenvalue weighted by atomic mass is 10.1. The van der Waals surface area contributed by atoms with Crippen LogP contribution < -0.4 is 15.8 Å². The molecule has 7 heteroatoms. The Hall–Kier alpha value is -2.96. The number of aromatic nitrogens is 1. The van der Waals surface area contributed by atoms with E-state index in [9.17, 15) is 13.6 Å². The number of aryl methyl sites for hydroxylation is 1. The van der Waals surface area contributed by atoms with E-state index in [0.29, 0.717) is 6.61 Å². The van der Waals surface area contributed by atoms with Crippen LogP contribution in [-0.4, -0.2) is 17.5 Å². The summed E-state index contributed by atoms with van der Waals surface area (Å²) in [5.41, 5.74) is 5.69. The Labute approximate surface area is 157 Å². The minimum absolute atomic E-state index is 0.0244. The van der Waals surface area contributed by atoms with Gasteiger partial charge in [0.25, 0.3) is 5.91 Å². The quantitative estimate of drug-likeness (QED) is 0.401. The molecule has 0 bridgehead atoms. The van der Waals surface area contributed by atoms with E-state index in [4.69, 9.17) is 10.5 Å². The van der Waals surface area contributed by atoms with Gasteiger partial charge in [-0.25, -0.2) is 9.37 Å². The van der Waals surface area contributed by atoms with Crippen molar-refractivity contribution >= 4 is 17.4 Å². The number of halogens is 2. The number of amides is 1. The molecule has 3 N–H and O–H groups in total. The molecule has 0 saturated carbocycles. The molecule has 0 unspecified atom stereocenters. The van der Waals surface area contributed by atoms with Crippen LogP contribution in [0.3, 0.4) is 0 Å². The molecule has 1 amide bonds. The number of benzene rings is 1. The summed E-state index contributed by atoms with van der Waals surface area (Å²) in [6, 6.07) is 5.75. The van der Waals surface area contributed by atoms with Crippen molar-refractivity contribution in [3.05, 3.63) is 59.3 Å². The van der Waals surface area contributed by atoms with Gasteiger partial charge in [0, 0.05) is 5.56 Å². The van der Waals surface area contributed by atoms with Crippen LogP contribution >= 0.6 is 0 Å². The normalized spacial score (nSPS) is 11.0. The largest absolute Gasteiger partial charge is 0.490 e. The first-order valence-corrected chi connectivity index (χ1v) is 8.70. The first-order chi connectivity index (χ1) is 12.9. The lowest BCUT2D eigenvalue weighted by Gasteiger charge is -2.12. The number of hydrogen-bond donors (Lipinski definition) is 2. The van der Waals surface area contributed by atoms with Gasteiger partial charge in [0.15, 0.2) is 11.6 Å². The van der Waals surface area contributed by atoms with E-state index >= 15 is 0 Å². The molecule has 1 aromatic heterocycles. The van der Waals surface area contributed by atoms with Gasteiger partial charge >= 0.3 is 0 Å². The summed E-state index contributed by atoms with van der Waals surface area (Å²) in [4.78, 5) is 15.8. The number of nitrogens with two attached hydrogens (primary N) is 1. The number of pyridine rings is 1. The van der Waals surface area contributed by atoms with Gasteiger partial charge in [-0.15, -0.1) is 0 Å². The third kappa shape index (κ3) is 5.51. The molecular weight excluding hydrogens is 352 g/mol. The van der Waals surface area contributed by atoms with Crippen LogP contribution in [-0.2, 0) is 0 Å². The predicted molar refractivity (Wildman–Crippen MR) is 102 cm³/mol. The first kappa shape index (κ1) is 20.4. The zero-order valence-electron chi connectivity index (χ0n) is 15.4. The number of nitrogens with zero attached hydrogens (tertiary/aromatic N) is 1. The molecule has 0 saturated heterocycles. The lowest BCUT2D eigenvalue weighted by Crippen LogP contribution is -2.17. The average Bonchev–Trinajstić information content (AvgIpc) is 2.63. The summed E-state index contributed by atoms with van der Waals surface area (Å²) in [5.74, 6) is -2.31. The van der Waals surface area contributed by atoms with Crippen LogP contribution in [0.15, 0.2) is 36.4 Å². The van der Waals surface area contributed by atoms with Crippen LogP contribution in [0.4, 0.5) is 20.3 Å². The summed E-state index contributed by atoms with van der Waals surface area (Å²) >= 11 is 0. The Morgan fingerprint density at radius 2 is 2.11 bits per heavy atom. The fourth-order valence-electron chi connectivity index (χ4n) is 2.41. The van der Waals surface area contributed by atoms with Crippen molar-refractivity contribution < 1.29 is 18.3 Å². The van der Waals surface area contributed by atoms with Gasteiger partial charge in [-0.05, 0) is 51.3 Å². The summed E-state index contributed by atoms with van der Waals surface area (Å²) in [6.45, 7) is 3.80. The maximum absolute atomic E-state index is 14.6. The van der Waals surface area contributed by atoms with E-state index in [2.05, 4.69) is 16.4 Å². The van der Waals surface area contributed by atoms with Crippen molar-refractivity contribution in [2.75, 3.05) is 17.7 Å². The second-order valence-corrected chi connectivity index (χ2v) is 6.01. The minimum atomic E-state index is -0.750. The topological polar surface area (TPSA) is 77.2 Å². The Kier molecular flexibility index (Phi) is 7.28. The maximum Gasteiger partial charge on any atom is 0.259 e. The highest BCUT2D eigenvalue weighted by atomic mass is 19.1. The molecule has 1 aromatic carbocycles. The second-order valence-electron chi connectivity index (χ2n) is 6.01. The number of carbonyl (C=O) groups is 1. The van der Waals surface area contributed by atoms with Crippen molar-refractivity contribution in [3.8, 4) is 5.75 Å². The number of rotatable bonds is 8. The summed E-state index contributed by atoms with van der Waals surface area (Å²) < 4.78 is 33.4. The highest BCUT2D eigenvalue weighted by Gasteiger charge is 2.17. The predicted octanol–water partition coefficient (Wildman–Crippen LogP) is 4.63. The molecule has 0 fully saturated rings. The van der Waals surface area contributed by atoms with Crippen molar-refractivity contribution in [2.24, 2.45) is 0 Å². The number of nitrogen functional groups attached to an aromatic ring is 1. The van der Waals surface area contributed by atoms with Crippen molar-refractivity contribution in [3.63, 3.8) is 0 Å². The standard InChI is InChI=1S/C20H23F2N3O2/c1-3-4-5-6-7-11-27-16-10-8-9-15(17(16)21)24-20(26)14-12-13(2)18(22)25-19(14)23/h3-4,8-10,12H,5-7,11H2,1-2H3,(H2,23,25)(H,24,26). The molecule has 0 aliphatic heterocycles. The third-order valence-electron chi connectivity index (χ3n) is 3.90. The average molecular weight is 375 g/mol. The molecule has 0 aliphatic rings. The number of carbonyl (C=O) groups excluding carboxylic acids is 1. The van der Waals surface area contributed by atoms with Crippen molar-refractivity contribution in [2.45, 2.75) is 33.1 Å². The molecule has 1 heterocycles. The summed E-state index contributed by atoms with van der Waals surface area (Å²) in [5, 5.41) is 2.43. The summed E-state index contributed by atoms with van der Waals surface area (Å²) in [6.07, 6.45) is 6.73. The molecule has 0 radical (unpaired) electrons. The highest BCUT2D eigenvalue weighted by molar-refractivity contribution is 6.07. The van der Waals surface area contributed by atoms with Gasteiger partial charge in [-0.2, -0.15) is 4.39 Å². The Balaban J connectivity index is 2.05. The van der Waals surface area contributed by atoms with Gasteiger partial charge in [-0.3, -0.25) is 4.79 Å². The van der Waals surface area contributed by atoms with Gasteiger partial charge in [0.2, 0.25) is 5.95 Å². The van der Waals surface area contributed by atoms with Crippen molar-refractivity contribution in [1.29, 1.82) is 0 Å². The van der Waals surface area contributed by atoms with Crippen LogP contribution in [0.25, 0.3) is 0 Å². The zero-order valence-corrected chi connectivity index (χ0v) is 15.4. The van der Waals surface area contributed by atoms with E-state index in [-0.39, 0.29) is 28.4 Å². The zero-order chi connectivity index (χ0) is 19.8. The van der Waals surface area contributed by atoms with E-state index in [1.165, 1.54) is 25.1 Å². The van der Waals surface area contributed by atoms with Crippen LogP contribution in [0.1, 0.15) is 42.1 Å². The fraction of sp³-hybridized carbons (Fsp3) is 0.300. The van der Waals surface area contributed by atoms with Crippen LogP contribution in [0, 0.1) is 18.7 Å². The van der Waals surface area contributed by atoms with Crippen LogP contribution in [0.5, 0.6) is 5.75 Å². The number of nitrogens with one attached hydrogen (secondary N) is 1. The SMILES string of the molecule is CC=CCCCCOc1cccc(NC(=O)c2cc(C)c(F)nc2N)c1F. The Morgan fingerprint density at radius 3 is 2.85 bits per heavy atom. The van der Waals surface area contributed by atoms with E-state index in [0.717, 1.165) is 19.3 Å². The number of unbranched alkanes of at least 4 members (excludes halogenated alkanes) is 2. The molecule has 0 aliphatic carbocycles. The molecule has 27 heavy (non-hydrogen) atoms. The molecular formula is C20H23F2N3O2. The monoisotopic (exact) mass is 375 g/mol. The van der Waals surface area contributed by atoms with Gasteiger partial charge < -0.3 is 15.8 Å². The number of ether oxygens (including phenoxy) is 1. The first-order valence-electron chi connectivity index (χ1n) is 8.70. The number of allylic oxidation sites excluding steroid dienone is 2. The third-order valence-corrected chi connectivity index (χ3v) is 3.90. The number of anilines is 2. The van der Waals surface area contributed by atoms with E-state index in [1.807, 2.05) is 13.0 Å². The van der Waals surface area contributed by atoms with Gasteiger partial charge in [-0.1, -0.05) is 18.2 Å². The fourth-order valence-corrected chi connectivity index (χ4v) is 2.41. The van der Waals surface area contributed by atoms with Gasteiger partial charge in [0.1, 0.15) is 5.82 Å². The van der Waals surface area contributed by atoms with Crippen LogP contribution in [0.2, 0.25) is 0 Å². The molecule has 2 rings (SSSR count). The molecule has 0 spiro atoms. The smallest absolute Gasteiger partial charge is 0.259 e. The Morgan fingerprint density at radius 1 is 1.33 bits per heavy atom. The maximum atomic E-state index is 14.6. The van der Waals surface area contributed by atoms with Crippen molar-refractivity contribution in [1.82, 2.24) is 4.98 Å². The summed E-state index contributed by atoms with van der Waals surface area (Å²) in [7, 11) is 0.